The summed E-state index contributed by atoms with van der Waals surface area (Å²) in [5.74, 6) is 0.385. The fraction of sp³-hybridized carbons (Fsp3) is 0.294. The Bertz CT molecular complexity index is 639. The second-order valence-electron chi connectivity index (χ2n) is 5.03. The molecule has 0 bridgehead atoms. The second-order valence-corrected chi connectivity index (χ2v) is 5.03. The maximum Gasteiger partial charge on any atom is 0.573 e. The first-order valence-corrected chi connectivity index (χ1v) is 7.27. The van der Waals surface area contributed by atoms with Crippen molar-refractivity contribution in [2.75, 3.05) is 12.3 Å². The summed E-state index contributed by atoms with van der Waals surface area (Å²) in [6, 6.07) is 10.8. The van der Waals surface area contributed by atoms with Gasteiger partial charge in [0.2, 0.25) is 0 Å². The molecule has 0 spiro atoms. The number of rotatable bonds is 6. The summed E-state index contributed by atoms with van der Waals surface area (Å²) < 4.78 is 46.2. The van der Waals surface area contributed by atoms with Crippen LogP contribution in [0.5, 0.6) is 11.5 Å². The maximum atomic E-state index is 12.2. The van der Waals surface area contributed by atoms with Crippen LogP contribution in [-0.4, -0.2) is 13.0 Å². The van der Waals surface area contributed by atoms with E-state index in [1.807, 2.05) is 0 Å². The molecule has 0 aliphatic rings. The zero-order chi connectivity index (χ0) is 16.9. The molecule has 2 aromatic rings. The van der Waals surface area contributed by atoms with Crippen LogP contribution >= 0.6 is 0 Å². The fourth-order valence-corrected chi connectivity index (χ4v) is 2.06. The number of unbranched alkanes of at least 4 members (excludes halogenated alkanes) is 1. The number of halogens is 3. The summed E-state index contributed by atoms with van der Waals surface area (Å²) in [6.45, 7) is 2.63. The van der Waals surface area contributed by atoms with E-state index in [4.69, 9.17) is 10.5 Å². The Morgan fingerprint density at radius 3 is 2.35 bits per heavy atom. The van der Waals surface area contributed by atoms with Crippen LogP contribution in [0.25, 0.3) is 11.1 Å². The van der Waals surface area contributed by atoms with Crippen LogP contribution in [0.2, 0.25) is 0 Å². The first-order valence-electron chi connectivity index (χ1n) is 7.27. The van der Waals surface area contributed by atoms with Crippen molar-refractivity contribution in [3.05, 3.63) is 42.5 Å². The number of ether oxygens (including phenoxy) is 2. The van der Waals surface area contributed by atoms with Gasteiger partial charge in [-0.3, -0.25) is 0 Å². The minimum atomic E-state index is -4.70. The lowest BCUT2D eigenvalue weighted by atomic mass is 10.0. The highest BCUT2D eigenvalue weighted by Gasteiger charge is 2.31. The Hall–Kier alpha value is -2.37. The Balaban J connectivity index is 2.24. The van der Waals surface area contributed by atoms with Gasteiger partial charge >= 0.3 is 6.36 Å². The van der Waals surface area contributed by atoms with E-state index in [2.05, 4.69) is 11.7 Å². The molecule has 0 saturated carbocycles. The van der Waals surface area contributed by atoms with Gasteiger partial charge in [0.1, 0.15) is 11.5 Å². The third kappa shape index (κ3) is 5.09. The Morgan fingerprint density at radius 1 is 1.04 bits per heavy atom. The van der Waals surface area contributed by atoms with E-state index in [0.717, 1.165) is 18.4 Å². The summed E-state index contributed by atoms with van der Waals surface area (Å²) >= 11 is 0. The zero-order valence-electron chi connectivity index (χ0n) is 12.7. The summed E-state index contributed by atoms with van der Waals surface area (Å²) in [4.78, 5) is 0. The first-order chi connectivity index (χ1) is 10.9. The van der Waals surface area contributed by atoms with Gasteiger partial charge in [-0.15, -0.1) is 13.2 Å². The van der Waals surface area contributed by atoms with Crippen LogP contribution in [0.15, 0.2) is 42.5 Å². The van der Waals surface area contributed by atoms with E-state index in [1.165, 1.54) is 12.1 Å². The average Bonchev–Trinajstić information content (AvgIpc) is 2.48. The highest BCUT2D eigenvalue weighted by atomic mass is 19.4. The van der Waals surface area contributed by atoms with Gasteiger partial charge < -0.3 is 15.2 Å². The summed E-state index contributed by atoms with van der Waals surface area (Å²) in [5.41, 5.74) is 7.80. The number of hydrogen-bond acceptors (Lipinski definition) is 3. The fourth-order valence-electron chi connectivity index (χ4n) is 2.06. The molecule has 0 aliphatic heterocycles. The van der Waals surface area contributed by atoms with Crippen molar-refractivity contribution in [3.8, 4) is 22.6 Å². The Kier molecular flexibility index (Phi) is 5.36. The number of nitrogens with two attached hydrogens (primary N) is 1. The van der Waals surface area contributed by atoms with Gasteiger partial charge in [0.05, 0.1) is 6.61 Å². The van der Waals surface area contributed by atoms with Gasteiger partial charge in [-0.1, -0.05) is 25.5 Å². The second kappa shape index (κ2) is 7.26. The number of nitrogen functional groups attached to an aromatic ring is 1. The molecule has 2 aromatic carbocycles. The predicted octanol–water partition coefficient (Wildman–Crippen LogP) is 5.01. The number of alkyl halides is 3. The molecule has 0 amide bonds. The molecule has 2 rings (SSSR count). The van der Waals surface area contributed by atoms with E-state index in [1.54, 1.807) is 30.3 Å². The molecule has 6 heteroatoms. The molecular formula is C17H18F3NO2. The monoisotopic (exact) mass is 325 g/mol. The molecule has 2 N–H and O–H groups in total. The molecule has 3 nitrogen and oxygen atoms in total. The smallest absolute Gasteiger partial charge is 0.493 e. The van der Waals surface area contributed by atoms with Gasteiger partial charge in [0.25, 0.3) is 0 Å². The summed E-state index contributed by atoms with van der Waals surface area (Å²) in [5, 5.41) is 0. The Labute approximate surface area is 132 Å². The molecule has 0 saturated heterocycles. The quantitative estimate of drug-likeness (QED) is 0.599. The van der Waals surface area contributed by atoms with E-state index >= 15 is 0 Å². The van der Waals surface area contributed by atoms with Crippen molar-refractivity contribution >= 4 is 5.69 Å². The highest BCUT2D eigenvalue weighted by Crippen LogP contribution is 2.34. The zero-order valence-corrected chi connectivity index (χ0v) is 12.7. The van der Waals surface area contributed by atoms with Gasteiger partial charge in [0.15, 0.2) is 0 Å². The van der Waals surface area contributed by atoms with Crippen molar-refractivity contribution < 1.29 is 22.6 Å². The van der Waals surface area contributed by atoms with Gasteiger partial charge in [-0.25, -0.2) is 0 Å². The number of anilines is 1. The van der Waals surface area contributed by atoms with Crippen molar-refractivity contribution in [1.29, 1.82) is 0 Å². The van der Waals surface area contributed by atoms with Crippen LogP contribution in [0, 0.1) is 0 Å². The predicted molar refractivity (Wildman–Crippen MR) is 83.4 cm³/mol. The van der Waals surface area contributed by atoms with Crippen LogP contribution < -0.4 is 15.2 Å². The molecule has 0 aliphatic carbocycles. The minimum Gasteiger partial charge on any atom is -0.493 e. The largest absolute Gasteiger partial charge is 0.573 e. The number of benzene rings is 2. The standard InChI is InChI=1S/C17H18F3NO2/c1-2-3-10-22-16-9-6-13(21)11-15(16)12-4-7-14(8-5-12)23-17(18,19)20/h4-9,11H,2-3,10,21H2,1H3. The third-order valence-electron chi connectivity index (χ3n) is 3.16. The van der Waals surface area contributed by atoms with E-state index in [0.29, 0.717) is 23.6 Å². The van der Waals surface area contributed by atoms with E-state index in [9.17, 15) is 13.2 Å². The van der Waals surface area contributed by atoms with Crippen molar-refractivity contribution in [3.63, 3.8) is 0 Å². The first kappa shape index (κ1) is 17.0. The van der Waals surface area contributed by atoms with Gasteiger partial charge in [0, 0.05) is 11.3 Å². The van der Waals surface area contributed by atoms with Gasteiger partial charge in [-0.05, 0) is 42.3 Å². The minimum absolute atomic E-state index is 0.265. The molecule has 124 valence electrons. The third-order valence-corrected chi connectivity index (χ3v) is 3.16. The van der Waals surface area contributed by atoms with Crippen molar-refractivity contribution in [2.45, 2.75) is 26.1 Å². The lowest BCUT2D eigenvalue weighted by Gasteiger charge is -2.13. The molecule has 0 atom stereocenters. The summed E-state index contributed by atoms with van der Waals surface area (Å²) in [7, 11) is 0. The highest BCUT2D eigenvalue weighted by molar-refractivity contribution is 5.74. The normalized spacial score (nSPS) is 11.3. The lowest BCUT2D eigenvalue weighted by molar-refractivity contribution is -0.274. The molecule has 23 heavy (non-hydrogen) atoms. The topological polar surface area (TPSA) is 44.5 Å². The average molecular weight is 325 g/mol. The molecular weight excluding hydrogens is 307 g/mol. The molecule has 0 radical (unpaired) electrons. The van der Waals surface area contributed by atoms with Crippen molar-refractivity contribution in [1.82, 2.24) is 0 Å². The summed E-state index contributed by atoms with van der Waals surface area (Å²) in [6.07, 6.45) is -2.77. The molecule has 0 fully saturated rings. The van der Waals surface area contributed by atoms with Crippen LogP contribution in [0.1, 0.15) is 19.8 Å². The van der Waals surface area contributed by atoms with Crippen LogP contribution in [0.3, 0.4) is 0 Å². The molecule has 0 heterocycles. The SMILES string of the molecule is CCCCOc1ccc(N)cc1-c1ccc(OC(F)(F)F)cc1. The van der Waals surface area contributed by atoms with Gasteiger partial charge in [-0.2, -0.15) is 0 Å². The van der Waals surface area contributed by atoms with Crippen LogP contribution in [-0.2, 0) is 0 Å². The van der Waals surface area contributed by atoms with Crippen LogP contribution in [0.4, 0.5) is 18.9 Å². The van der Waals surface area contributed by atoms with Crippen molar-refractivity contribution in [2.24, 2.45) is 0 Å². The molecule has 0 unspecified atom stereocenters. The van der Waals surface area contributed by atoms with E-state index < -0.39 is 6.36 Å². The lowest BCUT2D eigenvalue weighted by Crippen LogP contribution is -2.16. The maximum absolute atomic E-state index is 12.2. The molecule has 0 aromatic heterocycles. The van der Waals surface area contributed by atoms with E-state index in [-0.39, 0.29) is 5.75 Å². The number of hydrogen-bond donors (Lipinski definition) is 1. The Morgan fingerprint density at radius 2 is 1.74 bits per heavy atom.